The lowest BCUT2D eigenvalue weighted by atomic mass is 10.1. The number of nitrogens with zero attached hydrogens (tertiary/aromatic N) is 1. The molecule has 0 spiro atoms. The van der Waals surface area contributed by atoms with E-state index in [2.05, 4.69) is 5.32 Å². The molecule has 130 valence electrons. The minimum atomic E-state index is -0.299. The van der Waals surface area contributed by atoms with Gasteiger partial charge in [0.1, 0.15) is 18.1 Å². The quantitative estimate of drug-likeness (QED) is 0.929. The maximum atomic E-state index is 12.6. The standard InChI is InChI=1S/C19H20N2O4/c1-3-21-10-11-25-17-9-8-13(12-15(17)19(21)23)20-18(22)14-6-4-5-7-16(14)24-2/h4-9,12H,3,10-11H2,1-2H3,(H,20,22). The molecule has 1 N–H and O–H groups in total. The minimum absolute atomic E-state index is 0.0941. The molecule has 0 atom stereocenters. The summed E-state index contributed by atoms with van der Waals surface area (Å²) in [6.45, 7) is 3.54. The maximum absolute atomic E-state index is 12.6. The van der Waals surface area contributed by atoms with Gasteiger partial charge in [0, 0.05) is 12.2 Å². The van der Waals surface area contributed by atoms with E-state index in [0.717, 1.165) is 0 Å². The molecule has 1 aliphatic rings. The van der Waals surface area contributed by atoms with Gasteiger partial charge >= 0.3 is 0 Å². The van der Waals surface area contributed by atoms with Crippen LogP contribution >= 0.6 is 0 Å². The number of benzene rings is 2. The largest absolute Gasteiger partial charge is 0.496 e. The molecule has 1 aliphatic heterocycles. The number of likely N-dealkylation sites (N-methyl/N-ethyl adjacent to an activating group) is 1. The van der Waals surface area contributed by atoms with E-state index in [9.17, 15) is 9.59 Å². The molecule has 0 saturated heterocycles. The molecule has 1 heterocycles. The van der Waals surface area contributed by atoms with Gasteiger partial charge in [-0.25, -0.2) is 0 Å². The number of anilines is 1. The summed E-state index contributed by atoms with van der Waals surface area (Å²) >= 11 is 0. The van der Waals surface area contributed by atoms with Crippen LogP contribution in [0.25, 0.3) is 0 Å². The fraction of sp³-hybridized carbons (Fsp3) is 0.263. The van der Waals surface area contributed by atoms with Gasteiger partial charge < -0.3 is 19.7 Å². The molecular weight excluding hydrogens is 320 g/mol. The van der Waals surface area contributed by atoms with Crippen molar-refractivity contribution in [1.29, 1.82) is 0 Å². The van der Waals surface area contributed by atoms with Crippen LogP contribution in [-0.2, 0) is 0 Å². The van der Waals surface area contributed by atoms with Crippen molar-refractivity contribution in [2.75, 3.05) is 32.1 Å². The Hall–Kier alpha value is -3.02. The van der Waals surface area contributed by atoms with Gasteiger partial charge in [0.05, 0.1) is 24.8 Å². The van der Waals surface area contributed by atoms with Gasteiger partial charge in [-0.15, -0.1) is 0 Å². The number of ether oxygens (including phenoxy) is 2. The Bertz CT molecular complexity index is 804. The van der Waals surface area contributed by atoms with Crippen molar-refractivity contribution >= 4 is 17.5 Å². The van der Waals surface area contributed by atoms with Crippen LogP contribution in [-0.4, -0.2) is 43.5 Å². The lowest BCUT2D eigenvalue weighted by Crippen LogP contribution is -2.32. The SMILES string of the molecule is CCN1CCOc2ccc(NC(=O)c3ccccc3OC)cc2C1=O. The zero-order valence-electron chi connectivity index (χ0n) is 14.2. The summed E-state index contributed by atoms with van der Waals surface area (Å²) in [6.07, 6.45) is 0. The molecule has 2 amide bonds. The van der Waals surface area contributed by atoms with Gasteiger partial charge in [-0.2, -0.15) is 0 Å². The fourth-order valence-corrected chi connectivity index (χ4v) is 2.77. The molecule has 2 aromatic rings. The number of hydrogen-bond acceptors (Lipinski definition) is 4. The van der Waals surface area contributed by atoms with E-state index in [1.54, 1.807) is 47.4 Å². The number of amides is 2. The first-order valence-electron chi connectivity index (χ1n) is 8.14. The molecule has 25 heavy (non-hydrogen) atoms. The van der Waals surface area contributed by atoms with Crippen molar-refractivity contribution in [3.05, 3.63) is 53.6 Å². The predicted octanol–water partition coefficient (Wildman–Crippen LogP) is 2.80. The van der Waals surface area contributed by atoms with E-state index in [4.69, 9.17) is 9.47 Å². The summed E-state index contributed by atoms with van der Waals surface area (Å²) < 4.78 is 10.9. The van der Waals surface area contributed by atoms with Crippen LogP contribution < -0.4 is 14.8 Å². The van der Waals surface area contributed by atoms with Crippen LogP contribution in [0.4, 0.5) is 5.69 Å². The first-order chi connectivity index (χ1) is 12.1. The van der Waals surface area contributed by atoms with E-state index in [-0.39, 0.29) is 11.8 Å². The van der Waals surface area contributed by atoms with Crippen molar-refractivity contribution in [3.63, 3.8) is 0 Å². The van der Waals surface area contributed by atoms with Gasteiger partial charge in [-0.3, -0.25) is 9.59 Å². The van der Waals surface area contributed by atoms with Gasteiger partial charge in [-0.1, -0.05) is 12.1 Å². The Morgan fingerprint density at radius 2 is 2.08 bits per heavy atom. The average molecular weight is 340 g/mol. The number of methoxy groups -OCH3 is 1. The molecule has 6 heteroatoms. The average Bonchev–Trinajstić information content (AvgIpc) is 2.80. The van der Waals surface area contributed by atoms with Crippen molar-refractivity contribution in [3.8, 4) is 11.5 Å². The number of carbonyl (C=O) groups excluding carboxylic acids is 2. The summed E-state index contributed by atoms with van der Waals surface area (Å²) in [5, 5.41) is 2.81. The number of nitrogens with one attached hydrogen (secondary N) is 1. The third-order valence-electron chi connectivity index (χ3n) is 4.11. The van der Waals surface area contributed by atoms with Crippen molar-refractivity contribution < 1.29 is 19.1 Å². The van der Waals surface area contributed by atoms with Crippen LogP contribution in [0.3, 0.4) is 0 Å². The summed E-state index contributed by atoms with van der Waals surface area (Å²) in [5.41, 5.74) is 1.42. The van der Waals surface area contributed by atoms with E-state index in [0.29, 0.717) is 48.0 Å². The van der Waals surface area contributed by atoms with E-state index in [1.807, 2.05) is 6.92 Å². The number of fused-ring (bicyclic) bond motifs is 1. The van der Waals surface area contributed by atoms with Gasteiger partial charge in [0.15, 0.2) is 0 Å². The molecule has 0 radical (unpaired) electrons. The Kier molecular flexibility index (Phi) is 4.88. The number of carbonyl (C=O) groups is 2. The molecule has 0 unspecified atom stereocenters. The highest BCUT2D eigenvalue weighted by Crippen LogP contribution is 2.27. The minimum Gasteiger partial charge on any atom is -0.496 e. The molecule has 6 nitrogen and oxygen atoms in total. The lowest BCUT2D eigenvalue weighted by Gasteiger charge is -2.17. The first-order valence-corrected chi connectivity index (χ1v) is 8.14. The van der Waals surface area contributed by atoms with Crippen molar-refractivity contribution in [2.24, 2.45) is 0 Å². The summed E-state index contributed by atoms with van der Waals surface area (Å²) in [7, 11) is 1.52. The molecule has 0 fully saturated rings. The number of para-hydroxylation sites is 1. The molecular formula is C19H20N2O4. The first kappa shape index (κ1) is 16.8. The number of hydrogen-bond donors (Lipinski definition) is 1. The Morgan fingerprint density at radius 1 is 1.28 bits per heavy atom. The Labute approximate surface area is 146 Å². The summed E-state index contributed by atoms with van der Waals surface area (Å²) in [6, 6.07) is 12.1. The second-order valence-electron chi connectivity index (χ2n) is 5.60. The Morgan fingerprint density at radius 3 is 2.84 bits per heavy atom. The molecule has 3 rings (SSSR count). The second-order valence-corrected chi connectivity index (χ2v) is 5.60. The monoisotopic (exact) mass is 340 g/mol. The summed E-state index contributed by atoms with van der Waals surface area (Å²) in [5.74, 6) is 0.637. The highest BCUT2D eigenvalue weighted by Gasteiger charge is 2.23. The molecule has 2 aromatic carbocycles. The van der Waals surface area contributed by atoms with Crippen molar-refractivity contribution in [2.45, 2.75) is 6.92 Å². The lowest BCUT2D eigenvalue weighted by molar-refractivity contribution is 0.0764. The highest BCUT2D eigenvalue weighted by atomic mass is 16.5. The normalized spacial score (nSPS) is 13.5. The third kappa shape index (κ3) is 3.42. The predicted molar refractivity (Wildman–Crippen MR) is 94.5 cm³/mol. The van der Waals surface area contributed by atoms with Gasteiger partial charge in [0.25, 0.3) is 11.8 Å². The fourth-order valence-electron chi connectivity index (χ4n) is 2.77. The Balaban J connectivity index is 1.87. The zero-order chi connectivity index (χ0) is 17.8. The zero-order valence-corrected chi connectivity index (χ0v) is 14.2. The van der Waals surface area contributed by atoms with Crippen LogP contribution in [0.15, 0.2) is 42.5 Å². The van der Waals surface area contributed by atoms with E-state index >= 15 is 0 Å². The van der Waals surface area contributed by atoms with E-state index < -0.39 is 0 Å². The van der Waals surface area contributed by atoms with Gasteiger partial charge in [-0.05, 0) is 37.3 Å². The molecule has 0 aromatic heterocycles. The second kappa shape index (κ2) is 7.25. The van der Waals surface area contributed by atoms with Crippen LogP contribution in [0.1, 0.15) is 27.6 Å². The smallest absolute Gasteiger partial charge is 0.259 e. The molecule has 0 bridgehead atoms. The van der Waals surface area contributed by atoms with Crippen LogP contribution in [0.5, 0.6) is 11.5 Å². The molecule has 0 aliphatic carbocycles. The van der Waals surface area contributed by atoms with E-state index in [1.165, 1.54) is 7.11 Å². The van der Waals surface area contributed by atoms with Gasteiger partial charge in [0.2, 0.25) is 0 Å². The van der Waals surface area contributed by atoms with Crippen LogP contribution in [0.2, 0.25) is 0 Å². The third-order valence-corrected chi connectivity index (χ3v) is 4.11. The highest BCUT2D eigenvalue weighted by molar-refractivity contribution is 6.07. The number of rotatable bonds is 4. The maximum Gasteiger partial charge on any atom is 0.259 e. The van der Waals surface area contributed by atoms with Crippen LogP contribution in [0, 0.1) is 0 Å². The molecule has 0 saturated carbocycles. The topological polar surface area (TPSA) is 67.9 Å². The summed E-state index contributed by atoms with van der Waals surface area (Å²) in [4.78, 5) is 26.8. The van der Waals surface area contributed by atoms with Crippen molar-refractivity contribution in [1.82, 2.24) is 4.90 Å².